The van der Waals surface area contributed by atoms with Crippen LogP contribution in [0.5, 0.6) is 5.75 Å². The van der Waals surface area contributed by atoms with E-state index in [9.17, 15) is 19.6 Å². The highest BCUT2D eigenvalue weighted by Crippen LogP contribution is 2.60. The zero-order valence-corrected chi connectivity index (χ0v) is 54.6. The van der Waals surface area contributed by atoms with Gasteiger partial charge < -0.3 is 48.7 Å². The maximum absolute atomic E-state index is 17.2. The van der Waals surface area contributed by atoms with E-state index in [-0.39, 0.29) is 85.1 Å². The van der Waals surface area contributed by atoms with Crippen LogP contribution in [0.25, 0.3) is 0 Å². The number of ether oxygens (including phenoxy) is 3. The van der Waals surface area contributed by atoms with E-state index in [1.54, 1.807) is 34.8 Å². The van der Waals surface area contributed by atoms with Crippen LogP contribution < -0.4 is 26.0 Å². The van der Waals surface area contributed by atoms with Crippen LogP contribution in [-0.4, -0.2) is 119 Å². The first-order valence-electron chi connectivity index (χ1n) is 29.6. The highest BCUT2D eigenvalue weighted by molar-refractivity contribution is 8.29. The van der Waals surface area contributed by atoms with E-state index in [0.29, 0.717) is 18.6 Å². The van der Waals surface area contributed by atoms with Gasteiger partial charge in [-0.3, -0.25) is 9.59 Å². The van der Waals surface area contributed by atoms with Crippen LogP contribution in [0.2, 0.25) is 0 Å². The van der Waals surface area contributed by atoms with Crippen molar-refractivity contribution in [2.24, 2.45) is 5.41 Å². The van der Waals surface area contributed by atoms with Crippen LogP contribution in [0, 0.1) is 28.4 Å². The summed E-state index contributed by atoms with van der Waals surface area (Å²) < 4.78 is 77.2. The minimum absolute atomic E-state index is 0.00424. The smallest absolute Gasteiger partial charge is 0.315 e. The van der Waals surface area contributed by atoms with Crippen molar-refractivity contribution in [3.8, 4) is 11.8 Å². The average Bonchev–Trinajstić information content (AvgIpc) is 2.65. The highest BCUT2D eigenvalue weighted by Gasteiger charge is 2.54. The van der Waals surface area contributed by atoms with Crippen molar-refractivity contribution in [3.63, 3.8) is 0 Å². The molecule has 8 atom stereocenters. The van der Waals surface area contributed by atoms with Crippen molar-refractivity contribution >= 4 is 48.4 Å². The number of methoxy groups -OCH3 is 1. The van der Waals surface area contributed by atoms with E-state index in [1.165, 1.54) is 6.07 Å². The number of nitrogens with one attached hydrogen (secondary N) is 4. The molecule has 3 aliphatic rings. The molecule has 4 aromatic carbocycles. The first kappa shape index (κ1) is 67.6. The zero-order chi connectivity index (χ0) is 62.1. The predicted molar refractivity (Wildman–Crippen MR) is 336 cm³/mol. The maximum atomic E-state index is 17.2. The van der Waals surface area contributed by atoms with E-state index < -0.39 is 82.1 Å². The molecule has 0 saturated carbocycles. The standard InChI is InChI=1S/C65H91F2N6O9PS2/c1-42(2)73(43(3)4)83(79-36-24-23-35-68)81-58-53(40-78-65(45-25-17-15-18-26-45,46-27-19-16-20-28-46)47-31-33-48(77-12)34-32-47)80-57(59(58)82-85(13,14)62(5,6)7)49-37-44(50(66)38-51(49)67)39-69-60(75)63(8,9)64(10,11)72-55(74)30-22-21-29-54-56-52(41-84-54)70-61(76)71-56/h15-20,25-28,31-34,37-38,42-43,52-54,56-59H,21-24,29-30,36,39-41H2,1-14H3,(H,69,75)(H,72,74)(H2,70,71,76)/t52-,53?,54?,56-,57?,58?,59?,83?/m0/s1. The number of benzene rings is 4. The number of nitrogens with zero attached hydrogens (tertiary/aromatic N) is 2. The van der Waals surface area contributed by atoms with Gasteiger partial charge in [-0.25, -0.2) is 18.2 Å². The summed E-state index contributed by atoms with van der Waals surface area (Å²) in [5, 5.41) is 21.8. The number of rotatable bonds is 29. The topological polar surface area (TPSA) is 182 Å². The lowest BCUT2D eigenvalue weighted by Gasteiger charge is -2.47. The number of carbonyl (C=O) groups is 3. The predicted octanol–water partition coefficient (Wildman–Crippen LogP) is 12.9. The number of fused-ring (bicyclic) bond motifs is 1. The van der Waals surface area contributed by atoms with Crippen molar-refractivity contribution in [3.05, 3.63) is 137 Å². The number of unbranched alkanes of at least 4 members (excludes halogenated alkanes) is 2. The lowest BCUT2D eigenvalue weighted by Crippen LogP contribution is -2.59. The van der Waals surface area contributed by atoms with Gasteiger partial charge in [0.05, 0.1) is 43.9 Å². The number of nitriles is 1. The molecule has 15 nitrogen and oxygen atoms in total. The second kappa shape index (κ2) is 29.0. The number of carbonyl (C=O) groups excluding carboxylic acids is 3. The Balaban J connectivity index is 1.23. The van der Waals surface area contributed by atoms with E-state index in [4.69, 9.17) is 27.4 Å². The van der Waals surface area contributed by atoms with Crippen molar-refractivity contribution in [1.82, 2.24) is 25.9 Å². The second-order valence-electron chi connectivity index (χ2n) is 25.2. The fourth-order valence-corrected chi connectivity index (χ4v) is 15.3. The number of urea groups is 1. The van der Waals surface area contributed by atoms with Gasteiger partial charge in [-0.2, -0.15) is 17.0 Å². The van der Waals surface area contributed by atoms with E-state index >= 15 is 8.78 Å². The molecule has 0 spiro atoms. The highest BCUT2D eigenvalue weighted by atomic mass is 32.3. The Labute approximate surface area is 511 Å². The van der Waals surface area contributed by atoms with E-state index in [0.717, 1.165) is 41.4 Å². The number of halogens is 2. The second-order valence-corrected chi connectivity index (χ2v) is 31.8. The van der Waals surface area contributed by atoms with Gasteiger partial charge in [0.1, 0.15) is 47.4 Å². The van der Waals surface area contributed by atoms with Crippen LogP contribution in [0.15, 0.2) is 97.1 Å². The zero-order valence-electron chi connectivity index (χ0n) is 52.1. The third-order valence-corrected chi connectivity index (χ3v) is 24.4. The minimum atomic E-state index is -2.07. The molecule has 4 N–H and O–H groups in total. The van der Waals surface area contributed by atoms with Crippen molar-refractivity contribution in [2.75, 3.05) is 38.6 Å². The Morgan fingerprint density at radius 3 is 2.07 bits per heavy atom. The third-order valence-electron chi connectivity index (χ3n) is 17.1. The van der Waals surface area contributed by atoms with Gasteiger partial charge >= 0.3 is 6.03 Å². The molecule has 0 aromatic heterocycles. The molecule has 3 saturated heterocycles. The van der Waals surface area contributed by atoms with Gasteiger partial charge in [-0.15, -0.1) is 10.3 Å². The van der Waals surface area contributed by atoms with Crippen LogP contribution in [-0.2, 0) is 44.4 Å². The number of thioether (sulfide) groups is 1. The Morgan fingerprint density at radius 1 is 0.859 bits per heavy atom. The molecule has 0 aliphatic carbocycles. The summed E-state index contributed by atoms with van der Waals surface area (Å²) in [6.45, 7) is 21.3. The van der Waals surface area contributed by atoms with Crippen LogP contribution in [0.4, 0.5) is 13.6 Å². The molecule has 0 bridgehead atoms. The molecule has 0 radical (unpaired) electrons. The van der Waals surface area contributed by atoms with E-state index in [2.05, 4.69) is 93.0 Å². The molecule has 3 heterocycles. The Hall–Kier alpha value is -4.87. The summed E-state index contributed by atoms with van der Waals surface area (Å²) in [4.78, 5) is 39.7. The van der Waals surface area contributed by atoms with Gasteiger partial charge in [0.15, 0.2) is 0 Å². The molecule has 20 heteroatoms. The van der Waals surface area contributed by atoms with Crippen molar-refractivity contribution < 1.29 is 50.6 Å². The molecule has 85 heavy (non-hydrogen) atoms. The monoisotopic (exact) mass is 1230 g/mol. The summed E-state index contributed by atoms with van der Waals surface area (Å²) >= 11 is 1.83. The van der Waals surface area contributed by atoms with Gasteiger partial charge in [0.25, 0.3) is 8.53 Å². The summed E-state index contributed by atoms with van der Waals surface area (Å²) in [5.41, 5.74) is -1.05. The Kier molecular flexibility index (Phi) is 23.1. The molecular weight excluding hydrogens is 1140 g/mol. The Morgan fingerprint density at radius 2 is 1.48 bits per heavy atom. The van der Waals surface area contributed by atoms with Gasteiger partial charge in [-0.1, -0.05) is 100.0 Å². The first-order chi connectivity index (χ1) is 40.1. The lowest BCUT2D eigenvalue weighted by atomic mass is 9.73. The van der Waals surface area contributed by atoms with Gasteiger partial charge in [-0.05, 0) is 122 Å². The molecule has 4 aromatic rings. The van der Waals surface area contributed by atoms with Crippen LogP contribution in [0.3, 0.4) is 0 Å². The molecule has 6 unspecified atom stereocenters. The van der Waals surface area contributed by atoms with Crippen LogP contribution in [0.1, 0.15) is 149 Å². The summed E-state index contributed by atoms with van der Waals surface area (Å²) in [5.74, 6) is -0.884. The molecule has 3 aliphatic heterocycles. The van der Waals surface area contributed by atoms with Gasteiger partial charge in [0.2, 0.25) is 11.8 Å². The molecule has 7 rings (SSSR count). The number of hydrogen-bond donors (Lipinski definition) is 4. The number of amides is 4. The SMILES string of the molecule is COc1ccc(C(OCC2OC(c3cc(CNC(=O)C(C)(C)C(C)(C)NC(=O)CCCCC4SC[C@@H]5NC(=O)N[C@H]45)c(F)cc3F)C(OS(C)(C)C(C)(C)C)C2OP(OCCCC#N)N(C(C)C)C(C)C)(c2ccccc2)c2ccccc2)cc1. The summed E-state index contributed by atoms with van der Waals surface area (Å²) in [6, 6.07) is 31.9. The largest absolute Gasteiger partial charge is 0.497 e. The molecule has 4 amide bonds. The fourth-order valence-electron chi connectivity index (χ4n) is 10.9. The van der Waals surface area contributed by atoms with Crippen molar-refractivity contribution in [2.45, 2.75) is 191 Å². The normalized spacial score (nSPS) is 21.6. The molecule has 466 valence electrons. The van der Waals surface area contributed by atoms with Crippen molar-refractivity contribution in [1.29, 1.82) is 5.26 Å². The third kappa shape index (κ3) is 15.9. The molecule has 3 fully saturated rings. The maximum Gasteiger partial charge on any atom is 0.315 e. The Bertz CT molecular complexity index is 2870. The average molecular weight is 1230 g/mol. The summed E-state index contributed by atoms with van der Waals surface area (Å²) in [7, 11) is -2.38. The first-order valence-corrected chi connectivity index (χ1v) is 34.2. The quantitative estimate of drug-likeness (QED) is 0.0175. The minimum Gasteiger partial charge on any atom is -0.497 e. The van der Waals surface area contributed by atoms with E-state index in [1.807, 2.05) is 96.7 Å². The lowest BCUT2D eigenvalue weighted by molar-refractivity contribution is -0.135. The summed E-state index contributed by atoms with van der Waals surface area (Å²) in [6.07, 6.45) is 3.18. The molecular formula is C65H91F2N6O9PS2. The van der Waals surface area contributed by atoms with Gasteiger partial charge in [0, 0.05) is 70.0 Å². The number of hydrogen-bond acceptors (Lipinski definition) is 12. The van der Waals surface area contributed by atoms with Crippen LogP contribution >= 0.6 is 30.6 Å². The fraction of sp³-hybridized carbons (Fsp3) is 0.569.